The Hall–Kier alpha value is -2.29. The van der Waals surface area contributed by atoms with Gasteiger partial charge in [-0.2, -0.15) is 0 Å². The summed E-state index contributed by atoms with van der Waals surface area (Å²) in [6.07, 6.45) is 7.36. The van der Waals surface area contributed by atoms with Crippen molar-refractivity contribution in [1.82, 2.24) is 9.97 Å². The van der Waals surface area contributed by atoms with Gasteiger partial charge in [0.05, 0.1) is 6.33 Å². The molecule has 0 saturated carbocycles. The van der Waals surface area contributed by atoms with Crippen LogP contribution in [0.15, 0.2) is 61.1 Å². The highest BCUT2D eigenvalue weighted by Gasteiger charge is 2.21. The van der Waals surface area contributed by atoms with E-state index >= 15 is 0 Å². The van der Waals surface area contributed by atoms with E-state index in [0.29, 0.717) is 6.71 Å². The lowest BCUT2D eigenvalue weighted by Gasteiger charge is -2.18. The maximum Gasteiger partial charge on any atom is 0.209 e. The minimum atomic E-state index is 0.205. The average Bonchev–Trinajstić information content (AvgIpc) is 3.20. The molecule has 3 heteroatoms. The fourth-order valence-electron chi connectivity index (χ4n) is 3.51. The van der Waals surface area contributed by atoms with Crippen molar-refractivity contribution in [3.05, 3.63) is 77.9 Å². The van der Waals surface area contributed by atoms with Crippen LogP contribution in [0.4, 0.5) is 0 Å². The third-order valence-electron chi connectivity index (χ3n) is 5.28. The summed E-state index contributed by atoms with van der Waals surface area (Å²) >= 11 is 0. The number of rotatable bonds is 5. The van der Waals surface area contributed by atoms with E-state index in [-0.39, 0.29) is 5.41 Å². The molecule has 0 atom stereocenters. The quantitative estimate of drug-likeness (QED) is 0.594. The normalized spacial score (nSPS) is 10.9. The highest BCUT2D eigenvalue weighted by molar-refractivity contribution is 6.85. The molecule has 0 amide bonds. The van der Waals surface area contributed by atoms with Crippen LogP contribution in [0.1, 0.15) is 57.4 Å². The number of benzene rings is 2. The molecule has 0 bridgehead atoms. The van der Waals surface area contributed by atoms with E-state index in [1.165, 1.54) is 46.9 Å². The van der Waals surface area contributed by atoms with Crippen molar-refractivity contribution in [2.45, 2.75) is 66.1 Å². The zero-order valence-electron chi connectivity index (χ0n) is 18.4. The number of aryl methyl sites for hydroxylation is 2. The lowest BCUT2D eigenvalue weighted by atomic mass is 9.37. The summed E-state index contributed by atoms with van der Waals surface area (Å²) in [4.78, 5) is 7.00. The minimum absolute atomic E-state index is 0.205. The first-order valence-corrected chi connectivity index (χ1v) is 10.4. The van der Waals surface area contributed by atoms with Gasteiger partial charge in [0, 0.05) is 17.3 Å². The van der Waals surface area contributed by atoms with Crippen LogP contribution in [-0.2, 0) is 5.41 Å². The zero-order valence-corrected chi connectivity index (χ0v) is 18.4. The van der Waals surface area contributed by atoms with Crippen molar-refractivity contribution < 1.29 is 0 Å². The van der Waals surface area contributed by atoms with Gasteiger partial charge in [-0.25, -0.2) is 4.98 Å². The molecule has 2 nitrogen and oxygen atoms in total. The van der Waals surface area contributed by atoms with Gasteiger partial charge >= 0.3 is 0 Å². The lowest BCUT2D eigenvalue weighted by molar-refractivity contribution is 0.572. The Balaban J connectivity index is 0.000000261. The molecule has 2 aromatic carbocycles. The average molecular weight is 374 g/mol. The van der Waals surface area contributed by atoms with Crippen LogP contribution >= 0.6 is 0 Å². The van der Waals surface area contributed by atoms with Crippen LogP contribution in [0.2, 0.25) is 6.32 Å². The number of aromatic nitrogens is 2. The SMILES string of the molecule is CC(C)(C)c1cnc[nH]1.CCCCB(c1ccccc1C)c1ccccc1C. The van der Waals surface area contributed by atoms with Gasteiger partial charge in [-0.3, -0.25) is 0 Å². The number of unbranched alkanes of at least 4 members (excludes halogenated alkanes) is 1. The van der Waals surface area contributed by atoms with E-state index in [2.05, 4.69) is 100 Å². The number of aromatic amines is 1. The molecule has 1 N–H and O–H groups in total. The first-order chi connectivity index (χ1) is 13.3. The molecule has 148 valence electrons. The smallest absolute Gasteiger partial charge is 0.209 e. The van der Waals surface area contributed by atoms with E-state index in [0.717, 1.165) is 0 Å². The lowest BCUT2D eigenvalue weighted by Crippen LogP contribution is -2.44. The van der Waals surface area contributed by atoms with Crippen LogP contribution in [-0.4, -0.2) is 16.7 Å². The van der Waals surface area contributed by atoms with Crippen molar-refractivity contribution in [2.75, 3.05) is 0 Å². The van der Waals surface area contributed by atoms with Crippen molar-refractivity contribution in [3.63, 3.8) is 0 Å². The topological polar surface area (TPSA) is 28.7 Å². The highest BCUT2D eigenvalue weighted by Crippen LogP contribution is 2.17. The second-order valence-electron chi connectivity index (χ2n) is 8.62. The Labute approximate surface area is 171 Å². The third kappa shape index (κ3) is 6.12. The van der Waals surface area contributed by atoms with Gasteiger partial charge in [-0.05, 0) is 13.8 Å². The molecule has 0 saturated heterocycles. The van der Waals surface area contributed by atoms with Gasteiger partial charge in [-0.1, -0.05) is 117 Å². The second-order valence-corrected chi connectivity index (χ2v) is 8.62. The van der Waals surface area contributed by atoms with Crippen LogP contribution in [0, 0.1) is 13.8 Å². The standard InChI is InChI=1S/C18H23B.C7H12N2/c1-4-5-14-19(17-12-8-6-10-15(17)2)18-13-9-7-11-16(18)3;1-7(2,3)6-4-8-5-9-6/h6-13H,4-5,14H2,1-3H3;4-5H,1-3H3,(H,8,9). The summed E-state index contributed by atoms with van der Waals surface area (Å²) in [6.45, 7) is 13.7. The summed E-state index contributed by atoms with van der Waals surface area (Å²) in [5, 5.41) is 0. The Morgan fingerprint density at radius 3 is 1.79 bits per heavy atom. The van der Waals surface area contributed by atoms with Gasteiger partial charge in [0.2, 0.25) is 6.71 Å². The Kier molecular flexibility index (Phi) is 8.11. The fourth-order valence-corrected chi connectivity index (χ4v) is 3.51. The first-order valence-electron chi connectivity index (χ1n) is 10.4. The van der Waals surface area contributed by atoms with Crippen molar-refractivity contribution in [3.8, 4) is 0 Å². The number of H-pyrrole nitrogens is 1. The first kappa shape index (κ1) is 22.0. The predicted molar refractivity (Wildman–Crippen MR) is 124 cm³/mol. The molecular formula is C25H35BN2. The Morgan fingerprint density at radius 2 is 1.43 bits per heavy atom. The van der Waals surface area contributed by atoms with Crippen molar-refractivity contribution in [1.29, 1.82) is 0 Å². The monoisotopic (exact) mass is 374 g/mol. The van der Waals surface area contributed by atoms with Gasteiger partial charge in [0.25, 0.3) is 0 Å². The predicted octanol–water partition coefficient (Wildman–Crippen LogP) is 5.42. The van der Waals surface area contributed by atoms with Crippen molar-refractivity contribution in [2.24, 2.45) is 0 Å². The molecular weight excluding hydrogens is 339 g/mol. The van der Waals surface area contributed by atoms with E-state index < -0.39 is 0 Å². The summed E-state index contributed by atoms with van der Waals surface area (Å²) in [7, 11) is 0. The summed E-state index contributed by atoms with van der Waals surface area (Å²) in [5.41, 5.74) is 7.19. The summed E-state index contributed by atoms with van der Waals surface area (Å²) in [5.74, 6) is 0. The van der Waals surface area contributed by atoms with E-state index in [1.54, 1.807) is 6.33 Å². The molecule has 0 aliphatic heterocycles. The number of nitrogens with zero attached hydrogens (tertiary/aromatic N) is 1. The zero-order chi connectivity index (χ0) is 20.6. The van der Waals surface area contributed by atoms with E-state index in [1.807, 2.05) is 6.20 Å². The Morgan fingerprint density at radius 1 is 0.893 bits per heavy atom. The molecule has 0 radical (unpaired) electrons. The largest absolute Gasteiger partial charge is 0.348 e. The van der Waals surface area contributed by atoms with Gasteiger partial charge < -0.3 is 4.98 Å². The van der Waals surface area contributed by atoms with Crippen LogP contribution in [0.3, 0.4) is 0 Å². The molecule has 0 aliphatic rings. The molecule has 0 unspecified atom stereocenters. The van der Waals surface area contributed by atoms with Gasteiger partial charge in [0.1, 0.15) is 0 Å². The Bertz CT molecular complexity index is 786. The number of hydrogen-bond donors (Lipinski definition) is 1. The molecule has 0 fully saturated rings. The molecule has 0 aliphatic carbocycles. The van der Waals surface area contributed by atoms with Crippen LogP contribution in [0.5, 0.6) is 0 Å². The summed E-state index contributed by atoms with van der Waals surface area (Å²) in [6, 6.07) is 17.6. The van der Waals surface area contributed by atoms with Gasteiger partial charge in [0.15, 0.2) is 0 Å². The second kappa shape index (κ2) is 10.3. The third-order valence-corrected chi connectivity index (χ3v) is 5.28. The van der Waals surface area contributed by atoms with E-state index in [4.69, 9.17) is 0 Å². The summed E-state index contributed by atoms with van der Waals surface area (Å²) < 4.78 is 0. The molecule has 3 aromatic rings. The van der Waals surface area contributed by atoms with Crippen LogP contribution in [0.25, 0.3) is 0 Å². The minimum Gasteiger partial charge on any atom is -0.348 e. The maximum absolute atomic E-state index is 3.93. The van der Waals surface area contributed by atoms with E-state index in [9.17, 15) is 0 Å². The molecule has 0 spiro atoms. The van der Waals surface area contributed by atoms with Crippen molar-refractivity contribution >= 4 is 17.6 Å². The number of nitrogens with one attached hydrogen (secondary N) is 1. The molecule has 1 heterocycles. The molecule has 1 aromatic heterocycles. The highest BCUT2D eigenvalue weighted by atomic mass is 14.9. The molecule has 28 heavy (non-hydrogen) atoms. The number of hydrogen-bond acceptors (Lipinski definition) is 1. The number of imidazole rings is 1. The fraction of sp³-hybridized carbons (Fsp3) is 0.400. The maximum atomic E-state index is 3.93. The van der Waals surface area contributed by atoms with Gasteiger partial charge in [-0.15, -0.1) is 0 Å². The molecule has 3 rings (SSSR count). The van der Waals surface area contributed by atoms with Crippen LogP contribution < -0.4 is 10.9 Å².